The highest BCUT2D eigenvalue weighted by molar-refractivity contribution is 5.65. The molecule has 3 rings (SSSR count). The van der Waals surface area contributed by atoms with Crippen LogP contribution < -0.4 is 4.74 Å². The molecule has 4 nitrogen and oxygen atoms in total. The third-order valence-corrected chi connectivity index (χ3v) is 5.80. The van der Waals surface area contributed by atoms with E-state index in [0.717, 1.165) is 48.4 Å². The van der Waals surface area contributed by atoms with Gasteiger partial charge in [-0.15, -0.1) is 0 Å². The van der Waals surface area contributed by atoms with Crippen LogP contribution in [0.3, 0.4) is 0 Å². The summed E-state index contributed by atoms with van der Waals surface area (Å²) in [5.74, 6) is 0.926. The first kappa shape index (κ1) is 22.4. The molecule has 162 valence electrons. The molecule has 1 aliphatic rings. The summed E-state index contributed by atoms with van der Waals surface area (Å²) in [5, 5.41) is 0. The number of nitrogens with zero attached hydrogens (tertiary/aromatic N) is 2. The summed E-state index contributed by atoms with van der Waals surface area (Å²) in [5.41, 5.74) is 3.26. The number of carbonyl (C=O) groups is 1. The minimum absolute atomic E-state index is 0.180. The van der Waals surface area contributed by atoms with E-state index in [-0.39, 0.29) is 5.54 Å². The molecule has 2 aromatic carbocycles. The van der Waals surface area contributed by atoms with E-state index in [1.54, 1.807) is 0 Å². The van der Waals surface area contributed by atoms with Gasteiger partial charge >= 0.3 is 0 Å². The van der Waals surface area contributed by atoms with Gasteiger partial charge in [0.2, 0.25) is 6.41 Å². The molecule has 0 spiro atoms. The average molecular weight is 409 g/mol. The number of likely N-dealkylation sites (tertiary alicyclic amines) is 1. The van der Waals surface area contributed by atoms with Crippen LogP contribution >= 0.6 is 0 Å². The standard InChI is InChI=1S/C26H36N2O2/c1-26(2,3)28(21-29)20-22-11-13-23(14-12-22)24-9-7-10-25(19-24)30-18-8-17-27-15-5-4-6-16-27/h7,9-14,19,21H,4-6,8,15-18,20H2,1-3H3. The van der Waals surface area contributed by atoms with Gasteiger partial charge in [-0.25, -0.2) is 0 Å². The quantitative estimate of drug-likeness (QED) is 0.413. The van der Waals surface area contributed by atoms with Crippen LogP contribution in [0.4, 0.5) is 0 Å². The molecule has 0 aliphatic carbocycles. The third kappa shape index (κ3) is 6.60. The van der Waals surface area contributed by atoms with E-state index in [9.17, 15) is 4.79 Å². The lowest BCUT2D eigenvalue weighted by molar-refractivity contribution is -0.123. The van der Waals surface area contributed by atoms with Crippen LogP contribution in [0.1, 0.15) is 52.0 Å². The van der Waals surface area contributed by atoms with E-state index < -0.39 is 0 Å². The summed E-state index contributed by atoms with van der Waals surface area (Å²) >= 11 is 0. The number of carbonyl (C=O) groups excluding carboxylic acids is 1. The molecule has 1 aliphatic heterocycles. The number of hydrogen-bond donors (Lipinski definition) is 0. The van der Waals surface area contributed by atoms with Crippen molar-refractivity contribution in [3.05, 3.63) is 54.1 Å². The first-order valence-electron chi connectivity index (χ1n) is 11.2. The van der Waals surface area contributed by atoms with E-state index in [1.807, 2.05) is 31.7 Å². The number of benzene rings is 2. The second-order valence-electron chi connectivity index (χ2n) is 9.23. The minimum atomic E-state index is -0.180. The lowest BCUT2D eigenvalue weighted by atomic mass is 10.0. The molecule has 0 bridgehead atoms. The summed E-state index contributed by atoms with van der Waals surface area (Å²) in [4.78, 5) is 15.8. The molecule has 1 amide bonds. The topological polar surface area (TPSA) is 32.8 Å². The second-order valence-corrected chi connectivity index (χ2v) is 9.23. The predicted molar refractivity (Wildman–Crippen MR) is 124 cm³/mol. The molecule has 1 heterocycles. The van der Waals surface area contributed by atoms with E-state index in [1.165, 1.54) is 32.4 Å². The Hall–Kier alpha value is -2.33. The van der Waals surface area contributed by atoms with E-state index in [0.29, 0.717) is 6.54 Å². The Labute approximate surface area is 181 Å². The molecule has 2 aromatic rings. The van der Waals surface area contributed by atoms with Crippen molar-refractivity contribution in [1.29, 1.82) is 0 Å². The number of amides is 1. The van der Waals surface area contributed by atoms with Gasteiger partial charge in [0.05, 0.1) is 6.61 Å². The molecular weight excluding hydrogens is 372 g/mol. The molecule has 0 atom stereocenters. The molecular formula is C26H36N2O2. The Kier molecular flexibility index (Phi) is 7.92. The number of rotatable bonds is 9. The zero-order chi connectivity index (χ0) is 21.4. The van der Waals surface area contributed by atoms with Crippen molar-refractivity contribution in [1.82, 2.24) is 9.80 Å². The monoisotopic (exact) mass is 408 g/mol. The Balaban J connectivity index is 1.54. The van der Waals surface area contributed by atoms with Crippen molar-refractivity contribution in [2.24, 2.45) is 0 Å². The Morgan fingerprint density at radius 3 is 2.40 bits per heavy atom. The van der Waals surface area contributed by atoms with Gasteiger partial charge in [0.25, 0.3) is 0 Å². The van der Waals surface area contributed by atoms with Crippen LogP contribution in [0.2, 0.25) is 0 Å². The molecule has 0 aromatic heterocycles. The summed E-state index contributed by atoms with van der Waals surface area (Å²) in [6.45, 7) is 11.1. The fourth-order valence-electron chi connectivity index (χ4n) is 3.86. The minimum Gasteiger partial charge on any atom is -0.494 e. The molecule has 1 fully saturated rings. The first-order chi connectivity index (χ1) is 14.5. The molecule has 30 heavy (non-hydrogen) atoms. The van der Waals surface area contributed by atoms with Crippen LogP contribution in [0.15, 0.2) is 48.5 Å². The second kappa shape index (κ2) is 10.6. The predicted octanol–water partition coefficient (Wildman–Crippen LogP) is 5.37. The van der Waals surface area contributed by atoms with Crippen LogP contribution in [-0.2, 0) is 11.3 Å². The Morgan fingerprint density at radius 1 is 1.00 bits per heavy atom. The summed E-state index contributed by atoms with van der Waals surface area (Å²) < 4.78 is 6.02. The van der Waals surface area contributed by atoms with Crippen molar-refractivity contribution < 1.29 is 9.53 Å². The van der Waals surface area contributed by atoms with Gasteiger partial charge in [-0.3, -0.25) is 4.79 Å². The lowest BCUT2D eigenvalue weighted by Crippen LogP contribution is -2.39. The molecule has 0 radical (unpaired) electrons. The number of piperidine rings is 1. The van der Waals surface area contributed by atoms with Crippen molar-refractivity contribution in [3.8, 4) is 16.9 Å². The van der Waals surface area contributed by atoms with Crippen LogP contribution in [0.5, 0.6) is 5.75 Å². The molecule has 1 saturated heterocycles. The zero-order valence-electron chi connectivity index (χ0n) is 18.8. The smallest absolute Gasteiger partial charge is 0.210 e. The highest BCUT2D eigenvalue weighted by Gasteiger charge is 2.19. The maximum atomic E-state index is 11.4. The third-order valence-electron chi connectivity index (χ3n) is 5.80. The fraction of sp³-hybridized carbons (Fsp3) is 0.500. The first-order valence-corrected chi connectivity index (χ1v) is 11.2. The van der Waals surface area contributed by atoms with Crippen LogP contribution in [0, 0.1) is 0 Å². The van der Waals surface area contributed by atoms with Crippen molar-refractivity contribution in [2.75, 3.05) is 26.2 Å². The fourth-order valence-corrected chi connectivity index (χ4v) is 3.86. The largest absolute Gasteiger partial charge is 0.494 e. The summed E-state index contributed by atoms with van der Waals surface area (Å²) in [6, 6.07) is 16.8. The molecule has 0 N–H and O–H groups in total. The van der Waals surface area contributed by atoms with Gasteiger partial charge in [0.1, 0.15) is 5.75 Å². The Morgan fingerprint density at radius 2 is 1.73 bits per heavy atom. The van der Waals surface area contributed by atoms with Crippen LogP contribution in [-0.4, -0.2) is 48.0 Å². The number of ether oxygens (including phenoxy) is 1. The highest BCUT2D eigenvalue weighted by atomic mass is 16.5. The molecule has 0 saturated carbocycles. The SMILES string of the molecule is CC(C)(C)N(C=O)Cc1ccc(-c2cccc(OCCCN3CCCCC3)c2)cc1. The van der Waals surface area contributed by atoms with Gasteiger partial charge < -0.3 is 14.5 Å². The lowest BCUT2D eigenvalue weighted by Gasteiger charge is -2.32. The number of hydrogen-bond acceptors (Lipinski definition) is 3. The van der Waals surface area contributed by atoms with Crippen LogP contribution in [0.25, 0.3) is 11.1 Å². The maximum Gasteiger partial charge on any atom is 0.210 e. The molecule has 0 unspecified atom stereocenters. The average Bonchev–Trinajstić information content (AvgIpc) is 2.75. The van der Waals surface area contributed by atoms with Crippen molar-refractivity contribution in [3.63, 3.8) is 0 Å². The molecule has 4 heteroatoms. The van der Waals surface area contributed by atoms with E-state index in [4.69, 9.17) is 4.74 Å². The highest BCUT2D eigenvalue weighted by Crippen LogP contribution is 2.25. The van der Waals surface area contributed by atoms with E-state index >= 15 is 0 Å². The maximum absolute atomic E-state index is 11.4. The summed E-state index contributed by atoms with van der Waals surface area (Å²) in [7, 11) is 0. The van der Waals surface area contributed by atoms with Gasteiger partial charge in [0.15, 0.2) is 0 Å². The van der Waals surface area contributed by atoms with Gasteiger partial charge in [-0.2, -0.15) is 0 Å². The van der Waals surface area contributed by atoms with Crippen molar-refractivity contribution in [2.45, 2.75) is 58.5 Å². The van der Waals surface area contributed by atoms with E-state index in [2.05, 4.69) is 47.4 Å². The van der Waals surface area contributed by atoms with Gasteiger partial charge in [-0.05, 0) is 81.9 Å². The summed E-state index contributed by atoms with van der Waals surface area (Å²) in [6.07, 6.45) is 6.06. The van der Waals surface area contributed by atoms with Gasteiger partial charge in [0, 0.05) is 18.6 Å². The zero-order valence-corrected chi connectivity index (χ0v) is 18.8. The van der Waals surface area contributed by atoms with Gasteiger partial charge in [-0.1, -0.05) is 42.8 Å². The van der Waals surface area contributed by atoms with Crippen molar-refractivity contribution >= 4 is 6.41 Å². The normalized spacial score (nSPS) is 15.0. The Bertz CT molecular complexity index is 789.